The maximum atomic E-state index is 10.8. The van der Waals surface area contributed by atoms with Crippen LogP contribution in [0.15, 0.2) is 28.4 Å². The summed E-state index contributed by atoms with van der Waals surface area (Å²) in [4.78, 5) is 12.7. The molecule has 0 radical (unpaired) electrons. The van der Waals surface area contributed by atoms with Gasteiger partial charge in [-0.1, -0.05) is 6.07 Å². The second kappa shape index (κ2) is 4.37. The fourth-order valence-electron chi connectivity index (χ4n) is 1.53. The number of hydrogen-bond acceptors (Lipinski definition) is 5. The van der Waals surface area contributed by atoms with Gasteiger partial charge >= 0.3 is 0 Å². The van der Waals surface area contributed by atoms with Crippen molar-refractivity contribution in [2.75, 3.05) is 0 Å². The van der Waals surface area contributed by atoms with Crippen LogP contribution in [-0.4, -0.2) is 20.1 Å². The lowest BCUT2D eigenvalue weighted by Gasteiger charge is -1.93. The number of nitrogens with two attached hydrogens (primary N) is 1. The molecule has 0 saturated heterocycles. The van der Waals surface area contributed by atoms with Crippen molar-refractivity contribution in [2.24, 2.45) is 16.0 Å². The fraction of sp³-hybridized carbons (Fsp3) is 0. The van der Waals surface area contributed by atoms with Crippen molar-refractivity contribution in [2.45, 2.75) is 0 Å². The number of aromatic amines is 1. The summed E-state index contributed by atoms with van der Waals surface area (Å²) in [5.74, 6) is -0.334. The van der Waals surface area contributed by atoms with E-state index in [0.717, 1.165) is 0 Å². The third kappa shape index (κ3) is 1.98. The number of rotatable bonds is 2. The van der Waals surface area contributed by atoms with E-state index in [2.05, 4.69) is 27.4 Å². The normalized spacial score (nSPS) is 11.1. The zero-order valence-electron chi connectivity index (χ0n) is 8.82. The van der Waals surface area contributed by atoms with Crippen LogP contribution >= 0.6 is 12.2 Å². The molecular weight excluding hydrogens is 258 g/mol. The van der Waals surface area contributed by atoms with Gasteiger partial charge in [-0.3, -0.25) is 10.1 Å². The van der Waals surface area contributed by atoms with E-state index in [0.29, 0.717) is 5.39 Å². The van der Waals surface area contributed by atoms with Gasteiger partial charge < -0.3 is 15.8 Å². The van der Waals surface area contributed by atoms with E-state index >= 15 is 0 Å². The van der Waals surface area contributed by atoms with Crippen molar-refractivity contribution in [1.29, 1.82) is 0 Å². The van der Waals surface area contributed by atoms with Gasteiger partial charge in [-0.25, -0.2) is 0 Å². The summed E-state index contributed by atoms with van der Waals surface area (Å²) in [5, 5.41) is 27.7. The summed E-state index contributed by atoms with van der Waals surface area (Å²) in [7, 11) is 0. The van der Waals surface area contributed by atoms with E-state index < -0.39 is 4.92 Å². The highest BCUT2D eigenvalue weighted by Crippen LogP contribution is 2.38. The Labute approximate surface area is 105 Å². The minimum absolute atomic E-state index is 0.0569. The monoisotopic (exact) mass is 265 g/mol. The van der Waals surface area contributed by atoms with E-state index in [-0.39, 0.29) is 27.9 Å². The number of nitro benzene ring substituents is 1. The number of fused-ring (bicyclic) bond motifs is 1. The number of thiocarbonyl (C=S) groups is 1. The number of azo groups is 1. The molecule has 0 spiro atoms. The number of aromatic hydroxyl groups is 1. The minimum Gasteiger partial charge on any atom is -0.493 e. The summed E-state index contributed by atoms with van der Waals surface area (Å²) in [6, 6.07) is 4.35. The fourth-order valence-corrected chi connectivity index (χ4v) is 1.57. The van der Waals surface area contributed by atoms with Crippen LogP contribution in [0, 0.1) is 10.1 Å². The van der Waals surface area contributed by atoms with Gasteiger partial charge in [-0.2, -0.15) is 0 Å². The average Bonchev–Trinajstić information content (AvgIpc) is 2.61. The lowest BCUT2D eigenvalue weighted by atomic mass is 10.2. The molecule has 0 atom stereocenters. The molecule has 2 aromatic rings. The first-order chi connectivity index (χ1) is 8.50. The van der Waals surface area contributed by atoms with Crippen molar-refractivity contribution < 1.29 is 10.0 Å². The molecule has 0 amide bonds. The van der Waals surface area contributed by atoms with Crippen LogP contribution < -0.4 is 5.73 Å². The van der Waals surface area contributed by atoms with Gasteiger partial charge in [0, 0.05) is 11.5 Å². The molecule has 0 bridgehead atoms. The Kier molecular flexibility index (Phi) is 2.90. The highest BCUT2D eigenvalue weighted by molar-refractivity contribution is 7.80. The molecule has 0 aliphatic heterocycles. The summed E-state index contributed by atoms with van der Waals surface area (Å²) in [6.07, 6.45) is 0. The molecule has 2 rings (SSSR count). The molecule has 0 aliphatic rings. The number of nitro groups is 1. The predicted molar refractivity (Wildman–Crippen MR) is 67.9 cm³/mol. The molecule has 1 aromatic heterocycles. The zero-order chi connectivity index (χ0) is 13.3. The van der Waals surface area contributed by atoms with Crippen LogP contribution in [0.2, 0.25) is 0 Å². The van der Waals surface area contributed by atoms with Gasteiger partial charge in [0.05, 0.1) is 4.92 Å². The van der Waals surface area contributed by atoms with Gasteiger partial charge in [-0.15, -0.1) is 10.2 Å². The summed E-state index contributed by atoms with van der Waals surface area (Å²) < 4.78 is 0. The maximum Gasteiger partial charge on any atom is 0.293 e. The Balaban J connectivity index is 2.69. The highest BCUT2D eigenvalue weighted by Gasteiger charge is 2.18. The standard InChI is InChI=1S/C9H7N5O3S/c10-9(18)13-12-7-4-2-1-3-5(14(16)17)6(4)11-8(7)15/h1-3,11,15H,(H2,10,18). The number of aromatic nitrogens is 1. The van der Waals surface area contributed by atoms with Crippen LogP contribution in [-0.2, 0) is 0 Å². The molecule has 8 nitrogen and oxygen atoms in total. The molecule has 1 aromatic carbocycles. The van der Waals surface area contributed by atoms with E-state index in [1.807, 2.05) is 0 Å². The molecule has 9 heteroatoms. The van der Waals surface area contributed by atoms with Crippen molar-refractivity contribution >= 4 is 39.6 Å². The van der Waals surface area contributed by atoms with Gasteiger partial charge in [0.15, 0.2) is 5.69 Å². The third-order valence-electron chi connectivity index (χ3n) is 2.21. The first-order valence-electron chi connectivity index (χ1n) is 4.70. The molecule has 18 heavy (non-hydrogen) atoms. The summed E-state index contributed by atoms with van der Waals surface area (Å²) >= 11 is 4.52. The number of benzene rings is 1. The average molecular weight is 265 g/mol. The lowest BCUT2D eigenvalue weighted by molar-refractivity contribution is -0.383. The van der Waals surface area contributed by atoms with Crippen LogP contribution in [0.1, 0.15) is 0 Å². The van der Waals surface area contributed by atoms with Crippen molar-refractivity contribution in [3.63, 3.8) is 0 Å². The SMILES string of the molecule is NC(=S)N=Nc1c(O)[nH]c2c([N+](=O)[O-])cccc12. The molecule has 0 fully saturated rings. The van der Waals surface area contributed by atoms with Crippen LogP contribution in [0.4, 0.5) is 11.4 Å². The van der Waals surface area contributed by atoms with E-state index in [4.69, 9.17) is 5.73 Å². The topological polar surface area (TPSA) is 130 Å². The van der Waals surface area contributed by atoms with Crippen molar-refractivity contribution in [3.8, 4) is 5.88 Å². The number of para-hydroxylation sites is 1. The van der Waals surface area contributed by atoms with E-state index in [1.165, 1.54) is 12.1 Å². The lowest BCUT2D eigenvalue weighted by Crippen LogP contribution is -2.01. The summed E-state index contributed by atoms with van der Waals surface area (Å²) in [5.41, 5.74) is 5.21. The first-order valence-corrected chi connectivity index (χ1v) is 5.10. The highest BCUT2D eigenvalue weighted by atomic mass is 32.1. The Hall–Kier alpha value is -2.55. The summed E-state index contributed by atoms with van der Waals surface area (Å²) in [6.45, 7) is 0. The van der Waals surface area contributed by atoms with Gasteiger partial charge in [0.2, 0.25) is 11.0 Å². The van der Waals surface area contributed by atoms with Gasteiger partial charge in [0.1, 0.15) is 5.52 Å². The number of non-ortho nitro benzene ring substituents is 1. The van der Waals surface area contributed by atoms with Crippen molar-refractivity contribution in [1.82, 2.24) is 4.98 Å². The Bertz CT molecular complexity index is 678. The zero-order valence-corrected chi connectivity index (χ0v) is 9.64. The number of nitrogens with one attached hydrogen (secondary N) is 1. The number of H-pyrrole nitrogens is 1. The molecule has 1 heterocycles. The second-order valence-electron chi connectivity index (χ2n) is 3.32. The molecule has 0 aliphatic carbocycles. The van der Waals surface area contributed by atoms with Gasteiger partial charge in [-0.05, 0) is 18.3 Å². The Morgan fingerprint density at radius 1 is 1.56 bits per heavy atom. The van der Waals surface area contributed by atoms with Crippen LogP contribution in [0.25, 0.3) is 10.9 Å². The number of nitrogens with zero attached hydrogens (tertiary/aromatic N) is 3. The Morgan fingerprint density at radius 3 is 2.89 bits per heavy atom. The smallest absolute Gasteiger partial charge is 0.293 e. The first kappa shape index (κ1) is 11.9. The van der Waals surface area contributed by atoms with Crippen LogP contribution in [0.3, 0.4) is 0 Å². The molecule has 4 N–H and O–H groups in total. The second-order valence-corrected chi connectivity index (χ2v) is 3.74. The van der Waals surface area contributed by atoms with Gasteiger partial charge in [0.25, 0.3) is 5.69 Å². The van der Waals surface area contributed by atoms with Crippen LogP contribution in [0.5, 0.6) is 5.88 Å². The number of hydrogen-bond donors (Lipinski definition) is 3. The molecule has 0 unspecified atom stereocenters. The van der Waals surface area contributed by atoms with Crippen molar-refractivity contribution in [3.05, 3.63) is 28.3 Å². The molecule has 0 saturated carbocycles. The predicted octanol–water partition coefficient (Wildman–Crippen LogP) is 2.11. The minimum atomic E-state index is -0.563. The van der Waals surface area contributed by atoms with E-state index in [1.54, 1.807) is 6.07 Å². The van der Waals surface area contributed by atoms with E-state index in [9.17, 15) is 15.2 Å². The molecular formula is C9H7N5O3S. The Morgan fingerprint density at radius 2 is 2.28 bits per heavy atom. The quantitative estimate of drug-likeness (QED) is 0.331. The third-order valence-corrected chi connectivity index (χ3v) is 2.29. The largest absolute Gasteiger partial charge is 0.493 e. The maximum absolute atomic E-state index is 10.8. The molecule has 92 valence electrons.